The number of anilines is 1. The lowest BCUT2D eigenvalue weighted by Gasteiger charge is -2.47. The van der Waals surface area contributed by atoms with Gasteiger partial charge >= 0.3 is 0 Å². The van der Waals surface area contributed by atoms with Gasteiger partial charge in [-0.25, -0.2) is 13.1 Å². The molecule has 3 N–H and O–H groups in total. The summed E-state index contributed by atoms with van der Waals surface area (Å²) in [5.74, 6) is -2.16. The monoisotopic (exact) mass is 679 g/mol. The number of benzene rings is 3. The largest absolute Gasteiger partial charge is 0.496 e. The molecule has 5 rings (SSSR count). The van der Waals surface area contributed by atoms with Crippen molar-refractivity contribution in [3.05, 3.63) is 86.4 Å². The molecule has 1 fully saturated rings. The number of carbonyl (C=O) groups excluding carboxylic acids is 3. The second-order valence-electron chi connectivity index (χ2n) is 11.2. The van der Waals surface area contributed by atoms with Gasteiger partial charge in [-0.2, -0.15) is 0 Å². The van der Waals surface area contributed by atoms with Crippen LogP contribution in [-0.4, -0.2) is 45.1 Å². The van der Waals surface area contributed by atoms with Crippen LogP contribution in [-0.2, 0) is 29.8 Å². The fraction of sp³-hybridized carbons (Fsp3) is 0.300. The topological polar surface area (TPSA) is 140 Å². The second-order valence-corrected chi connectivity index (χ2v) is 14.2. The lowest BCUT2D eigenvalue weighted by atomic mass is 9.59. The molecule has 44 heavy (non-hydrogen) atoms. The van der Waals surface area contributed by atoms with Crippen molar-refractivity contribution in [2.24, 2.45) is 0 Å². The molecule has 10 nitrogen and oxygen atoms in total. The SMILES string of the molecule is COc1ccc(Cl)cc1C1NC(=O)CC(c2cc(Cl)ccc2OC(C)(C)C(=O)NS(C)(=O)=O)C12C(=O)Nc1cc(Cl)ccc12. The number of rotatable bonds is 7. The highest BCUT2D eigenvalue weighted by Crippen LogP contribution is 2.60. The van der Waals surface area contributed by atoms with Crippen molar-refractivity contribution in [3.8, 4) is 11.5 Å². The molecule has 0 aromatic heterocycles. The Morgan fingerprint density at radius 2 is 1.55 bits per heavy atom. The lowest BCUT2D eigenvalue weighted by Crippen LogP contribution is -2.57. The highest BCUT2D eigenvalue weighted by atomic mass is 35.5. The Morgan fingerprint density at radius 3 is 2.18 bits per heavy atom. The molecule has 3 aromatic rings. The molecule has 14 heteroatoms. The summed E-state index contributed by atoms with van der Waals surface area (Å²) in [6.45, 7) is 2.79. The van der Waals surface area contributed by atoms with E-state index in [-0.39, 0.29) is 23.1 Å². The van der Waals surface area contributed by atoms with Gasteiger partial charge in [0, 0.05) is 44.2 Å². The molecule has 3 unspecified atom stereocenters. The minimum Gasteiger partial charge on any atom is -0.496 e. The van der Waals surface area contributed by atoms with Gasteiger partial charge in [-0.15, -0.1) is 0 Å². The average Bonchev–Trinajstić information content (AvgIpc) is 3.20. The number of halogens is 3. The maximum Gasteiger partial charge on any atom is 0.277 e. The van der Waals surface area contributed by atoms with Gasteiger partial charge in [-0.3, -0.25) is 14.4 Å². The number of hydrogen-bond acceptors (Lipinski definition) is 7. The molecule has 1 saturated heterocycles. The van der Waals surface area contributed by atoms with Crippen molar-refractivity contribution >= 4 is 68.2 Å². The standard InChI is InChI=1S/C30H28Cl3N3O7S/c1-29(2,27(38)36-44(4,40)41)43-24-10-7-15(31)11-18(24)21-14-25(37)35-26(19-12-16(32)6-9-23(19)42-3)30(21)20-8-5-17(33)13-22(20)34-28(30)39/h5-13,21,26H,14H2,1-4H3,(H,34,39)(H,35,37)(H,36,38). The van der Waals surface area contributed by atoms with Gasteiger partial charge in [-0.05, 0) is 67.9 Å². The van der Waals surface area contributed by atoms with Crippen molar-refractivity contribution in [2.45, 2.75) is 43.2 Å². The number of amides is 3. The van der Waals surface area contributed by atoms with Crippen molar-refractivity contribution in [1.82, 2.24) is 10.0 Å². The Labute approximate surface area is 269 Å². The highest BCUT2D eigenvalue weighted by Gasteiger charge is 2.62. The van der Waals surface area contributed by atoms with Crippen LogP contribution in [0.15, 0.2) is 54.6 Å². The Morgan fingerprint density at radius 1 is 0.955 bits per heavy atom. The maximum absolute atomic E-state index is 14.4. The van der Waals surface area contributed by atoms with Crippen LogP contribution < -0.4 is 24.8 Å². The fourth-order valence-electron chi connectivity index (χ4n) is 5.95. The van der Waals surface area contributed by atoms with Crippen molar-refractivity contribution in [1.29, 1.82) is 0 Å². The summed E-state index contributed by atoms with van der Waals surface area (Å²) in [6, 6.07) is 13.5. The molecular formula is C30H28Cl3N3O7S. The molecule has 1 spiro atoms. The van der Waals surface area contributed by atoms with Gasteiger partial charge in [0.1, 0.15) is 16.9 Å². The molecule has 0 bridgehead atoms. The minimum absolute atomic E-state index is 0.120. The van der Waals surface area contributed by atoms with E-state index in [9.17, 15) is 22.8 Å². The summed E-state index contributed by atoms with van der Waals surface area (Å²) < 4.78 is 37.4. The van der Waals surface area contributed by atoms with E-state index < -0.39 is 44.8 Å². The molecule has 2 heterocycles. The van der Waals surface area contributed by atoms with Crippen LogP contribution in [0.4, 0.5) is 5.69 Å². The van der Waals surface area contributed by atoms with E-state index >= 15 is 0 Å². The predicted octanol–water partition coefficient (Wildman–Crippen LogP) is 5.12. The summed E-state index contributed by atoms with van der Waals surface area (Å²) >= 11 is 19.2. The fourth-order valence-corrected chi connectivity index (χ4v) is 7.06. The predicted molar refractivity (Wildman–Crippen MR) is 167 cm³/mol. The van der Waals surface area contributed by atoms with Crippen molar-refractivity contribution in [2.75, 3.05) is 18.7 Å². The minimum atomic E-state index is -3.89. The third-order valence-corrected chi connectivity index (χ3v) is 9.05. The lowest BCUT2D eigenvalue weighted by molar-refractivity contribution is -0.133. The Kier molecular flexibility index (Phi) is 8.30. The molecular weight excluding hydrogens is 653 g/mol. The zero-order valence-electron chi connectivity index (χ0n) is 24.0. The maximum atomic E-state index is 14.4. The molecule has 3 atom stereocenters. The second kappa shape index (κ2) is 11.4. The molecule has 0 aliphatic carbocycles. The first-order valence-electron chi connectivity index (χ1n) is 13.3. The number of nitrogens with one attached hydrogen (secondary N) is 3. The van der Waals surface area contributed by atoms with Gasteiger partial charge in [0.05, 0.1) is 19.4 Å². The van der Waals surface area contributed by atoms with Crippen molar-refractivity contribution in [3.63, 3.8) is 0 Å². The highest BCUT2D eigenvalue weighted by molar-refractivity contribution is 7.89. The van der Waals surface area contributed by atoms with Crippen molar-refractivity contribution < 1.29 is 32.3 Å². The summed E-state index contributed by atoms with van der Waals surface area (Å²) in [6.07, 6.45) is 0.674. The molecule has 232 valence electrons. The van der Waals surface area contributed by atoms with E-state index in [1.54, 1.807) is 42.5 Å². The summed E-state index contributed by atoms with van der Waals surface area (Å²) in [5.41, 5.74) is -1.43. The molecule has 2 aliphatic heterocycles. The van der Waals surface area contributed by atoms with Gasteiger partial charge in [-0.1, -0.05) is 40.9 Å². The third-order valence-electron chi connectivity index (χ3n) is 7.79. The smallest absolute Gasteiger partial charge is 0.277 e. The Bertz CT molecular complexity index is 1820. The van der Waals surface area contributed by atoms with E-state index in [1.165, 1.54) is 33.1 Å². The quantitative estimate of drug-likeness (QED) is 0.315. The van der Waals surface area contributed by atoms with Gasteiger partial charge in [0.25, 0.3) is 5.91 Å². The van der Waals surface area contributed by atoms with Crippen LogP contribution in [0.25, 0.3) is 0 Å². The van der Waals surface area contributed by atoms with E-state index in [0.717, 1.165) is 6.26 Å². The van der Waals surface area contributed by atoms with E-state index in [1.807, 2.05) is 4.72 Å². The number of fused-ring (bicyclic) bond motifs is 2. The molecule has 2 aliphatic rings. The number of sulfonamides is 1. The molecule has 0 saturated carbocycles. The average molecular weight is 681 g/mol. The third kappa shape index (κ3) is 5.69. The molecule has 3 aromatic carbocycles. The first-order chi connectivity index (χ1) is 20.6. The summed E-state index contributed by atoms with van der Waals surface area (Å²) in [7, 11) is -2.43. The number of carbonyl (C=O) groups is 3. The first kappa shape index (κ1) is 31.9. The summed E-state index contributed by atoms with van der Waals surface area (Å²) in [5, 5.41) is 6.96. The van der Waals surface area contributed by atoms with Crippen LogP contribution in [0.3, 0.4) is 0 Å². The number of ether oxygens (including phenoxy) is 2. The zero-order valence-corrected chi connectivity index (χ0v) is 27.0. The van der Waals surface area contributed by atoms with Gasteiger partial charge in [0.2, 0.25) is 21.8 Å². The number of hydrogen-bond donors (Lipinski definition) is 3. The first-order valence-corrected chi connectivity index (χ1v) is 16.3. The van der Waals surface area contributed by atoms with E-state index in [2.05, 4.69) is 10.6 Å². The van der Waals surface area contributed by atoms with Crippen LogP contribution in [0.5, 0.6) is 11.5 Å². The van der Waals surface area contributed by atoms with Gasteiger partial charge in [0.15, 0.2) is 5.60 Å². The normalized spacial score (nSPS) is 21.3. The van der Waals surface area contributed by atoms with Gasteiger partial charge < -0.3 is 20.1 Å². The number of piperidine rings is 1. The van der Waals surface area contributed by atoms with Crippen LogP contribution in [0.2, 0.25) is 15.1 Å². The van der Waals surface area contributed by atoms with E-state index in [0.29, 0.717) is 38.2 Å². The van der Waals surface area contributed by atoms with Crippen LogP contribution >= 0.6 is 34.8 Å². The summed E-state index contributed by atoms with van der Waals surface area (Å²) in [4.78, 5) is 40.9. The van der Waals surface area contributed by atoms with E-state index in [4.69, 9.17) is 44.3 Å². The Hall–Kier alpha value is -3.51. The van der Waals surface area contributed by atoms with Crippen LogP contribution in [0.1, 0.15) is 48.9 Å². The number of methoxy groups -OCH3 is 1. The Balaban J connectivity index is 1.77. The molecule has 3 amide bonds. The zero-order chi connectivity index (χ0) is 32.2. The molecule has 0 radical (unpaired) electrons. The van der Waals surface area contributed by atoms with Crippen LogP contribution in [0, 0.1) is 0 Å².